The highest BCUT2D eigenvalue weighted by molar-refractivity contribution is 14.1. The van der Waals surface area contributed by atoms with E-state index in [9.17, 15) is 0 Å². The number of benzene rings is 1. The second-order valence-electron chi connectivity index (χ2n) is 3.02. The van der Waals surface area contributed by atoms with E-state index < -0.39 is 0 Å². The second-order valence-corrected chi connectivity index (χ2v) is 5.01. The zero-order valence-electron chi connectivity index (χ0n) is 7.53. The number of hydrogen-bond donors (Lipinski definition) is 1. The fourth-order valence-corrected chi connectivity index (χ4v) is 2.60. The summed E-state index contributed by atoms with van der Waals surface area (Å²) in [6.45, 7) is 0.616. The van der Waals surface area contributed by atoms with E-state index in [1.165, 1.54) is 20.3 Å². The van der Waals surface area contributed by atoms with Crippen LogP contribution in [0.25, 0.3) is 11.1 Å². The quantitative estimate of drug-likeness (QED) is 0.844. The highest BCUT2D eigenvalue weighted by atomic mass is 127. The molecule has 0 aliphatic heterocycles. The molecule has 1 aromatic carbocycles. The number of hydrogen-bond acceptors (Lipinski definition) is 2. The first-order valence-electron chi connectivity index (χ1n) is 4.32. The molecule has 0 aliphatic carbocycles. The van der Waals surface area contributed by atoms with Gasteiger partial charge in [0.2, 0.25) is 0 Å². The maximum Gasteiger partial charge on any atom is 0.0192 e. The Kier molecular flexibility index (Phi) is 3.20. The first kappa shape index (κ1) is 10.1. The van der Waals surface area contributed by atoms with E-state index in [-0.39, 0.29) is 0 Å². The van der Waals surface area contributed by atoms with Gasteiger partial charge in [0.1, 0.15) is 0 Å². The zero-order chi connectivity index (χ0) is 9.97. The lowest BCUT2D eigenvalue weighted by molar-refractivity contribution is 1.08. The molecule has 0 saturated heterocycles. The van der Waals surface area contributed by atoms with Crippen molar-refractivity contribution in [2.75, 3.05) is 0 Å². The highest BCUT2D eigenvalue weighted by Gasteiger charge is 2.04. The molecule has 14 heavy (non-hydrogen) atoms. The van der Waals surface area contributed by atoms with E-state index in [1.807, 2.05) is 0 Å². The van der Waals surface area contributed by atoms with Crippen molar-refractivity contribution in [1.82, 2.24) is 0 Å². The normalized spacial score (nSPS) is 10.4. The minimum atomic E-state index is 0.616. The van der Waals surface area contributed by atoms with Crippen molar-refractivity contribution < 1.29 is 0 Å². The average Bonchev–Trinajstić information content (AvgIpc) is 2.67. The third-order valence-corrected chi connectivity index (χ3v) is 3.63. The molecule has 0 unspecified atom stereocenters. The molecule has 0 amide bonds. The lowest BCUT2D eigenvalue weighted by atomic mass is 10.1. The fourth-order valence-electron chi connectivity index (χ4n) is 1.36. The van der Waals surface area contributed by atoms with Crippen molar-refractivity contribution in [2.45, 2.75) is 6.54 Å². The van der Waals surface area contributed by atoms with Crippen molar-refractivity contribution in [3.05, 3.63) is 44.2 Å². The summed E-state index contributed by atoms with van der Waals surface area (Å²) < 4.78 is 1.26. The molecule has 1 heterocycles. The lowest BCUT2D eigenvalue weighted by Gasteiger charge is -2.01. The molecule has 1 nitrogen and oxygen atoms in total. The third-order valence-electron chi connectivity index (χ3n) is 2.12. The Morgan fingerprint density at radius 3 is 2.50 bits per heavy atom. The molecule has 0 atom stereocenters. The first-order valence-corrected chi connectivity index (χ1v) is 6.34. The van der Waals surface area contributed by atoms with Crippen molar-refractivity contribution >= 4 is 33.9 Å². The molecule has 3 heteroatoms. The molecular formula is C11H10INS. The molecule has 2 rings (SSSR count). The van der Waals surface area contributed by atoms with Gasteiger partial charge in [-0.15, -0.1) is 0 Å². The molecule has 1 aromatic heterocycles. The summed E-state index contributed by atoms with van der Waals surface area (Å²) >= 11 is 4.02. The molecule has 0 bridgehead atoms. The summed E-state index contributed by atoms with van der Waals surface area (Å²) in [5.41, 5.74) is 9.43. The predicted molar refractivity (Wildman–Crippen MR) is 70.4 cm³/mol. The van der Waals surface area contributed by atoms with Gasteiger partial charge in [-0.25, -0.2) is 0 Å². The zero-order valence-corrected chi connectivity index (χ0v) is 10.5. The molecule has 0 radical (unpaired) electrons. The predicted octanol–water partition coefficient (Wildman–Crippen LogP) is 3.48. The summed E-state index contributed by atoms with van der Waals surface area (Å²) in [6, 6.07) is 8.52. The Bertz CT molecular complexity index is 419. The van der Waals surface area contributed by atoms with Crippen molar-refractivity contribution in [1.29, 1.82) is 0 Å². The van der Waals surface area contributed by atoms with Crippen LogP contribution in [0.3, 0.4) is 0 Å². The molecule has 0 fully saturated rings. The summed E-state index contributed by atoms with van der Waals surface area (Å²) in [4.78, 5) is 0. The van der Waals surface area contributed by atoms with Crippen molar-refractivity contribution in [2.24, 2.45) is 5.73 Å². The molecule has 0 spiro atoms. The largest absolute Gasteiger partial charge is 0.326 e. The van der Waals surface area contributed by atoms with E-state index in [4.69, 9.17) is 5.73 Å². The third kappa shape index (κ3) is 1.99. The van der Waals surface area contributed by atoms with Gasteiger partial charge in [-0.1, -0.05) is 12.1 Å². The van der Waals surface area contributed by atoms with Gasteiger partial charge in [-0.05, 0) is 62.2 Å². The smallest absolute Gasteiger partial charge is 0.0192 e. The van der Waals surface area contributed by atoms with Crippen LogP contribution in [0.1, 0.15) is 5.56 Å². The van der Waals surface area contributed by atoms with Gasteiger partial charge in [-0.3, -0.25) is 0 Å². The number of halogens is 1. The minimum absolute atomic E-state index is 0.616. The van der Waals surface area contributed by atoms with Crippen LogP contribution in [-0.2, 0) is 6.54 Å². The fraction of sp³-hybridized carbons (Fsp3) is 0.0909. The van der Waals surface area contributed by atoms with E-state index in [2.05, 4.69) is 57.6 Å². The Morgan fingerprint density at radius 2 is 1.86 bits per heavy atom. The van der Waals surface area contributed by atoms with Crippen LogP contribution in [0.4, 0.5) is 0 Å². The monoisotopic (exact) mass is 315 g/mol. The van der Waals surface area contributed by atoms with Gasteiger partial charge in [0.05, 0.1) is 0 Å². The maximum atomic E-state index is 5.67. The number of rotatable bonds is 2. The maximum absolute atomic E-state index is 5.67. The summed E-state index contributed by atoms with van der Waals surface area (Å²) in [6.07, 6.45) is 0. The van der Waals surface area contributed by atoms with Crippen LogP contribution < -0.4 is 5.73 Å². The van der Waals surface area contributed by atoms with Crippen LogP contribution in [0, 0.1) is 3.57 Å². The van der Waals surface area contributed by atoms with Gasteiger partial charge >= 0.3 is 0 Å². The number of nitrogens with two attached hydrogens (primary N) is 1. The van der Waals surface area contributed by atoms with Gasteiger partial charge in [-0.2, -0.15) is 11.3 Å². The van der Waals surface area contributed by atoms with Gasteiger partial charge in [0.25, 0.3) is 0 Å². The Hall–Kier alpha value is -0.390. The first-order chi connectivity index (χ1) is 6.81. The van der Waals surface area contributed by atoms with E-state index in [0.29, 0.717) is 6.54 Å². The summed E-state index contributed by atoms with van der Waals surface area (Å²) in [7, 11) is 0. The van der Waals surface area contributed by atoms with Crippen LogP contribution in [-0.4, -0.2) is 0 Å². The summed E-state index contributed by atoms with van der Waals surface area (Å²) in [5.74, 6) is 0. The average molecular weight is 315 g/mol. The molecule has 72 valence electrons. The Labute approximate surface area is 101 Å². The van der Waals surface area contributed by atoms with Crippen LogP contribution >= 0.6 is 33.9 Å². The van der Waals surface area contributed by atoms with E-state index in [1.54, 1.807) is 11.3 Å². The number of thiophene rings is 1. The SMILES string of the molecule is NCc1cscc1-c1ccc(I)cc1. The van der Waals surface area contributed by atoms with Crippen molar-refractivity contribution in [3.8, 4) is 11.1 Å². The molecule has 2 N–H and O–H groups in total. The Morgan fingerprint density at radius 1 is 1.14 bits per heavy atom. The van der Waals surface area contributed by atoms with Crippen LogP contribution in [0.15, 0.2) is 35.0 Å². The van der Waals surface area contributed by atoms with Gasteiger partial charge in [0.15, 0.2) is 0 Å². The van der Waals surface area contributed by atoms with Crippen molar-refractivity contribution in [3.63, 3.8) is 0 Å². The molecule has 2 aromatic rings. The Balaban J connectivity index is 2.44. The standard InChI is InChI=1S/C11H10INS/c12-10-3-1-8(2-4-10)11-7-14-6-9(11)5-13/h1-4,6-7H,5,13H2. The van der Waals surface area contributed by atoms with E-state index in [0.717, 1.165) is 0 Å². The van der Waals surface area contributed by atoms with Crippen LogP contribution in [0.5, 0.6) is 0 Å². The van der Waals surface area contributed by atoms with Crippen LogP contribution in [0.2, 0.25) is 0 Å². The van der Waals surface area contributed by atoms with E-state index >= 15 is 0 Å². The molecule has 0 aliphatic rings. The minimum Gasteiger partial charge on any atom is -0.326 e. The van der Waals surface area contributed by atoms with Gasteiger partial charge < -0.3 is 5.73 Å². The topological polar surface area (TPSA) is 26.0 Å². The molecular weight excluding hydrogens is 305 g/mol. The molecule has 0 saturated carbocycles. The summed E-state index contributed by atoms with van der Waals surface area (Å²) in [5, 5.41) is 4.28. The highest BCUT2D eigenvalue weighted by Crippen LogP contribution is 2.27. The second kappa shape index (κ2) is 4.42. The van der Waals surface area contributed by atoms with Gasteiger partial charge in [0, 0.05) is 10.1 Å². The lowest BCUT2D eigenvalue weighted by Crippen LogP contribution is -1.95.